The first kappa shape index (κ1) is 10.8. The van der Waals surface area contributed by atoms with Crippen molar-refractivity contribution in [1.29, 1.82) is 0 Å². The topological polar surface area (TPSA) is 72.5 Å². The molecule has 3 rings (SSSR count). The van der Waals surface area contributed by atoms with Crippen molar-refractivity contribution in [2.75, 3.05) is 5.73 Å². The van der Waals surface area contributed by atoms with E-state index in [1.165, 1.54) is 0 Å². The summed E-state index contributed by atoms with van der Waals surface area (Å²) in [4.78, 5) is 4.14. The van der Waals surface area contributed by atoms with E-state index in [1.807, 2.05) is 24.7 Å². The van der Waals surface area contributed by atoms with Crippen LogP contribution in [-0.4, -0.2) is 19.7 Å². The smallest absolute Gasteiger partial charge is 0.125 e. The average Bonchev–Trinajstić information content (AvgIpc) is 2.94. The van der Waals surface area contributed by atoms with Gasteiger partial charge < -0.3 is 10.3 Å². The second-order valence-corrected chi connectivity index (χ2v) is 4.65. The molecular formula is C13H15N5. The number of hydrogen-bond donors (Lipinski definition) is 2. The highest BCUT2D eigenvalue weighted by atomic mass is 15.1. The summed E-state index contributed by atoms with van der Waals surface area (Å²) in [5.74, 6) is 0.543. The first-order valence-electron chi connectivity index (χ1n) is 5.92. The molecule has 0 aliphatic carbocycles. The lowest BCUT2D eigenvalue weighted by Gasteiger charge is -2.13. The molecule has 0 spiro atoms. The zero-order valence-electron chi connectivity index (χ0n) is 10.4. The summed E-state index contributed by atoms with van der Waals surface area (Å²) in [6.07, 6.45) is 5.53. The number of rotatable bonds is 2. The van der Waals surface area contributed by atoms with Crippen LogP contribution in [0.5, 0.6) is 0 Å². The molecule has 0 unspecified atom stereocenters. The van der Waals surface area contributed by atoms with Crippen molar-refractivity contribution in [1.82, 2.24) is 19.7 Å². The number of fused-ring (bicyclic) bond motifs is 1. The molecule has 0 saturated carbocycles. The van der Waals surface area contributed by atoms with Crippen molar-refractivity contribution in [3.63, 3.8) is 0 Å². The fraction of sp³-hybridized carbons (Fsp3) is 0.231. The van der Waals surface area contributed by atoms with Gasteiger partial charge in [-0.15, -0.1) is 0 Å². The average molecular weight is 241 g/mol. The highest BCUT2D eigenvalue weighted by Crippen LogP contribution is 2.31. The largest absolute Gasteiger partial charge is 0.384 e. The molecule has 3 N–H and O–H groups in total. The van der Waals surface area contributed by atoms with E-state index >= 15 is 0 Å². The number of aromatic amines is 1. The molecule has 0 bridgehead atoms. The van der Waals surface area contributed by atoms with Crippen LogP contribution in [0.2, 0.25) is 0 Å². The quantitative estimate of drug-likeness (QED) is 0.724. The summed E-state index contributed by atoms with van der Waals surface area (Å²) in [5, 5.41) is 7.95. The lowest BCUT2D eigenvalue weighted by molar-refractivity contribution is 0.629. The van der Waals surface area contributed by atoms with E-state index in [-0.39, 0.29) is 0 Å². The summed E-state index contributed by atoms with van der Waals surface area (Å²) in [7, 11) is 0. The minimum atomic E-state index is 0.342. The van der Waals surface area contributed by atoms with Gasteiger partial charge in [-0.3, -0.25) is 5.10 Å². The SMILES string of the molecule is CC(C)n1c(-c2cn[nH]c2)cc2cnc(N)cc21. The molecule has 3 aromatic rings. The van der Waals surface area contributed by atoms with Gasteiger partial charge >= 0.3 is 0 Å². The Morgan fingerprint density at radius 3 is 2.78 bits per heavy atom. The number of pyridine rings is 1. The molecule has 92 valence electrons. The number of nitrogen functional groups attached to an aromatic ring is 1. The van der Waals surface area contributed by atoms with Crippen molar-refractivity contribution in [3.8, 4) is 11.3 Å². The molecule has 5 nitrogen and oxygen atoms in total. The molecule has 0 aromatic carbocycles. The number of nitrogens with one attached hydrogen (secondary N) is 1. The van der Waals surface area contributed by atoms with Crippen LogP contribution in [0.25, 0.3) is 22.2 Å². The van der Waals surface area contributed by atoms with E-state index in [1.54, 1.807) is 0 Å². The van der Waals surface area contributed by atoms with Crippen molar-refractivity contribution in [2.24, 2.45) is 0 Å². The highest BCUT2D eigenvalue weighted by molar-refractivity contribution is 5.87. The van der Waals surface area contributed by atoms with Crippen LogP contribution >= 0.6 is 0 Å². The minimum Gasteiger partial charge on any atom is -0.384 e. The van der Waals surface area contributed by atoms with Gasteiger partial charge in [0.25, 0.3) is 0 Å². The predicted molar refractivity (Wildman–Crippen MR) is 72.1 cm³/mol. The third kappa shape index (κ3) is 1.55. The van der Waals surface area contributed by atoms with E-state index < -0.39 is 0 Å². The van der Waals surface area contributed by atoms with E-state index in [0.717, 1.165) is 22.2 Å². The lowest BCUT2D eigenvalue weighted by Crippen LogP contribution is -2.02. The lowest BCUT2D eigenvalue weighted by atomic mass is 10.2. The normalized spacial score (nSPS) is 11.5. The molecule has 3 aromatic heterocycles. The molecular weight excluding hydrogens is 226 g/mol. The molecule has 0 aliphatic heterocycles. The molecule has 5 heteroatoms. The minimum absolute atomic E-state index is 0.342. The number of nitrogens with zero attached hydrogens (tertiary/aromatic N) is 3. The number of H-pyrrole nitrogens is 1. The zero-order chi connectivity index (χ0) is 12.7. The van der Waals surface area contributed by atoms with Gasteiger partial charge in [0, 0.05) is 35.5 Å². The summed E-state index contributed by atoms with van der Waals surface area (Å²) in [6, 6.07) is 4.38. The van der Waals surface area contributed by atoms with Crippen molar-refractivity contribution in [3.05, 3.63) is 30.7 Å². The first-order valence-corrected chi connectivity index (χ1v) is 5.92. The Kier molecular flexibility index (Phi) is 2.33. The second kappa shape index (κ2) is 3.87. The fourth-order valence-electron chi connectivity index (χ4n) is 2.31. The van der Waals surface area contributed by atoms with Crippen LogP contribution < -0.4 is 5.73 Å². The molecule has 0 fully saturated rings. The number of nitrogens with two attached hydrogens (primary N) is 1. The summed E-state index contributed by atoms with van der Waals surface area (Å²) in [6.45, 7) is 4.30. The van der Waals surface area contributed by atoms with Crippen LogP contribution in [-0.2, 0) is 0 Å². The van der Waals surface area contributed by atoms with E-state index in [2.05, 4.69) is 39.7 Å². The Morgan fingerprint density at radius 2 is 2.11 bits per heavy atom. The van der Waals surface area contributed by atoms with Gasteiger partial charge in [-0.05, 0) is 19.9 Å². The summed E-state index contributed by atoms with van der Waals surface area (Å²) >= 11 is 0. The van der Waals surface area contributed by atoms with Crippen molar-refractivity contribution in [2.45, 2.75) is 19.9 Å². The fourth-order valence-corrected chi connectivity index (χ4v) is 2.31. The van der Waals surface area contributed by atoms with Gasteiger partial charge in [0.1, 0.15) is 5.82 Å². The Hall–Kier alpha value is -2.30. The Morgan fingerprint density at radius 1 is 1.28 bits per heavy atom. The highest BCUT2D eigenvalue weighted by Gasteiger charge is 2.14. The van der Waals surface area contributed by atoms with Gasteiger partial charge in [-0.25, -0.2) is 4.98 Å². The molecule has 0 aliphatic rings. The van der Waals surface area contributed by atoms with E-state index in [4.69, 9.17) is 5.73 Å². The van der Waals surface area contributed by atoms with Crippen LogP contribution in [0.15, 0.2) is 30.7 Å². The van der Waals surface area contributed by atoms with Gasteiger partial charge in [-0.1, -0.05) is 0 Å². The molecule has 0 atom stereocenters. The number of aromatic nitrogens is 4. The molecule has 18 heavy (non-hydrogen) atoms. The van der Waals surface area contributed by atoms with Gasteiger partial charge in [0.15, 0.2) is 0 Å². The van der Waals surface area contributed by atoms with Crippen molar-refractivity contribution < 1.29 is 0 Å². The van der Waals surface area contributed by atoms with Gasteiger partial charge in [0.2, 0.25) is 0 Å². The van der Waals surface area contributed by atoms with E-state index in [9.17, 15) is 0 Å². The second-order valence-electron chi connectivity index (χ2n) is 4.65. The molecule has 0 saturated heterocycles. The maximum Gasteiger partial charge on any atom is 0.125 e. The van der Waals surface area contributed by atoms with Gasteiger partial charge in [0.05, 0.1) is 17.4 Å². The number of hydrogen-bond acceptors (Lipinski definition) is 3. The monoisotopic (exact) mass is 241 g/mol. The summed E-state index contributed by atoms with van der Waals surface area (Å²) < 4.78 is 2.25. The van der Waals surface area contributed by atoms with Crippen molar-refractivity contribution >= 4 is 16.7 Å². The third-order valence-electron chi connectivity index (χ3n) is 3.05. The first-order chi connectivity index (χ1) is 8.66. The van der Waals surface area contributed by atoms with Crippen LogP contribution in [0, 0.1) is 0 Å². The third-order valence-corrected chi connectivity index (χ3v) is 3.05. The zero-order valence-corrected chi connectivity index (χ0v) is 10.4. The molecule has 0 amide bonds. The molecule has 3 heterocycles. The molecule has 0 radical (unpaired) electrons. The van der Waals surface area contributed by atoms with Gasteiger partial charge in [-0.2, -0.15) is 5.10 Å². The van der Waals surface area contributed by atoms with Crippen LogP contribution in [0.4, 0.5) is 5.82 Å². The maximum atomic E-state index is 5.78. The van der Waals surface area contributed by atoms with Crippen LogP contribution in [0.3, 0.4) is 0 Å². The number of anilines is 1. The summed E-state index contributed by atoms with van der Waals surface area (Å²) in [5.41, 5.74) is 9.08. The Balaban J connectivity index is 2.35. The van der Waals surface area contributed by atoms with E-state index in [0.29, 0.717) is 11.9 Å². The maximum absolute atomic E-state index is 5.78. The predicted octanol–water partition coefficient (Wildman–Crippen LogP) is 2.59. The Bertz CT molecular complexity index is 679. The van der Waals surface area contributed by atoms with Crippen LogP contribution in [0.1, 0.15) is 19.9 Å². The standard InChI is InChI=1S/C13H15N5/c1-8(2)18-11(10-6-16-17-7-10)3-9-5-15-13(14)4-12(9)18/h3-8H,1-2H3,(H2,14,15)(H,16,17). The Labute approximate surface area is 105 Å².